The van der Waals surface area contributed by atoms with Gasteiger partial charge in [0.15, 0.2) is 5.78 Å². The van der Waals surface area contributed by atoms with Crippen LogP contribution in [0.5, 0.6) is 5.75 Å². The third-order valence-electron chi connectivity index (χ3n) is 2.73. The zero-order chi connectivity index (χ0) is 14.7. The summed E-state index contributed by atoms with van der Waals surface area (Å²) in [7, 11) is 1.32. The average molecular weight is 275 g/mol. The lowest BCUT2D eigenvalue weighted by molar-refractivity contribution is -0.384. The predicted molar refractivity (Wildman–Crippen MR) is 69.5 cm³/mol. The first kappa shape index (κ1) is 13.7. The molecule has 0 bridgehead atoms. The van der Waals surface area contributed by atoms with E-state index >= 15 is 0 Å². The second-order valence-electron chi connectivity index (χ2n) is 3.98. The highest BCUT2D eigenvalue weighted by molar-refractivity contribution is 6.11. The summed E-state index contributed by atoms with van der Waals surface area (Å²) in [6, 6.07) is 8.84. The van der Waals surface area contributed by atoms with Gasteiger partial charge >= 0.3 is 0 Å². The molecule has 2 aromatic carbocycles. The van der Waals surface area contributed by atoms with Gasteiger partial charge in [0.1, 0.15) is 11.6 Å². The van der Waals surface area contributed by atoms with E-state index < -0.39 is 16.5 Å². The summed E-state index contributed by atoms with van der Waals surface area (Å²) in [6.07, 6.45) is 0. The molecule has 0 spiro atoms. The third-order valence-corrected chi connectivity index (χ3v) is 2.73. The van der Waals surface area contributed by atoms with E-state index in [2.05, 4.69) is 0 Å². The molecule has 0 aliphatic heterocycles. The molecule has 5 nitrogen and oxygen atoms in total. The van der Waals surface area contributed by atoms with Crippen molar-refractivity contribution in [1.82, 2.24) is 0 Å². The Morgan fingerprint density at radius 2 is 2.00 bits per heavy atom. The molecule has 0 amide bonds. The van der Waals surface area contributed by atoms with Crippen LogP contribution in [-0.4, -0.2) is 17.8 Å². The number of nitro groups is 1. The molecule has 20 heavy (non-hydrogen) atoms. The van der Waals surface area contributed by atoms with Gasteiger partial charge in [0, 0.05) is 23.8 Å². The van der Waals surface area contributed by atoms with E-state index in [-0.39, 0.29) is 22.6 Å². The van der Waals surface area contributed by atoms with Crippen molar-refractivity contribution in [3.8, 4) is 5.75 Å². The molecule has 0 saturated heterocycles. The maximum Gasteiger partial charge on any atom is 0.270 e. The molecule has 2 rings (SSSR count). The molecule has 0 radical (unpaired) electrons. The topological polar surface area (TPSA) is 69.4 Å². The number of benzene rings is 2. The number of carbonyl (C=O) groups is 1. The Morgan fingerprint density at radius 1 is 1.25 bits per heavy atom. The quantitative estimate of drug-likeness (QED) is 0.488. The van der Waals surface area contributed by atoms with Crippen molar-refractivity contribution < 1.29 is 18.8 Å². The summed E-state index contributed by atoms with van der Waals surface area (Å²) in [6.45, 7) is 0. The minimum atomic E-state index is -0.585. The summed E-state index contributed by atoms with van der Waals surface area (Å²) in [4.78, 5) is 22.4. The number of ketones is 1. The summed E-state index contributed by atoms with van der Waals surface area (Å²) in [5.74, 6) is -0.913. The molecule has 0 unspecified atom stereocenters. The fraction of sp³-hybridized carbons (Fsp3) is 0.0714. The van der Waals surface area contributed by atoms with Crippen molar-refractivity contribution in [2.75, 3.05) is 7.11 Å². The van der Waals surface area contributed by atoms with Crippen molar-refractivity contribution in [2.24, 2.45) is 0 Å². The highest BCUT2D eigenvalue weighted by Crippen LogP contribution is 2.24. The van der Waals surface area contributed by atoms with Crippen molar-refractivity contribution >= 4 is 11.5 Å². The smallest absolute Gasteiger partial charge is 0.270 e. The van der Waals surface area contributed by atoms with Gasteiger partial charge in [0.25, 0.3) is 5.69 Å². The number of hydrogen-bond acceptors (Lipinski definition) is 4. The van der Waals surface area contributed by atoms with E-state index in [1.54, 1.807) is 0 Å². The first-order valence-electron chi connectivity index (χ1n) is 5.65. The lowest BCUT2D eigenvalue weighted by Crippen LogP contribution is -2.05. The fourth-order valence-electron chi connectivity index (χ4n) is 1.77. The molecule has 0 saturated carbocycles. The molecule has 6 heteroatoms. The Labute approximate surface area is 113 Å². The van der Waals surface area contributed by atoms with Gasteiger partial charge in [-0.1, -0.05) is 12.1 Å². The second kappa shape index (κ2) is 5.48. The Bertz CT molecular complexity index is 685. The number of nitro benzene ring substituents is 1. The molecular formula is C14H10FNO4. The largest absolute Gasteiger partial charge is 0.496 e. The molecule has 102 valence electrons. The minimum Gasteiger partial charge on any atom is -0.496 e. The van der Waals surface area contributed by atoms with E-state index in [4.69, 9.17) is 4.74 Å². The monoisotopic (exact) mass is 275 g/mol. The number of methoxy groups -OCH3 is 1. The lowest BCUT2D eigenvalue weighted by Gasteiger charge is -2.07. The van der Waals surface area contributed by atoms with Crippen LogP contribution in [0, 0.1) is 15.9 Å². The van der Waals surface area contributed by atoms with Gasteiger partial charge in [0.2, 0.25) is 0 Å². The van der Waals surface area contributed by atoms with Crippen LogP contribution in [0.3, 0.4) is 0 Å². The zero-order valence-electron chi connectivity index (χ0n) is 10.5. The summed E-state index contributed by atoms with van der Waals surface area (Å²) in [5.41, 5.74) is 0.107. The molecule has 2 aromatic rings. The molecule has 0 atom stereocenters. The van der Waals surface area contributed by atoms with E-state index in [9.17, 15) is 19.3 Å². The van der Waals surface area contributed by atoms with Crippen LogP contribution < -0.4 is 4.74 Å². The SMILES string of the molecule is COc1cc(F)ccc1C(=O)c1cccc([N+](=O)[O-])c1. The van der Waals surface area contributed by atoms with Gasteiger partial charge in [-0.2, -0.15) is 0 Å². The third kappa shape index (κ3) is 2.64. The number of rotatable bonds is 4. The van der Waals surface area contributed by atoms with Crippen LogP contribution in [0.4, 0.5) is 10.1 Å². The van der Waals surface area contributed by atoms with Gasteiger partial charge < -0.3 is 4.74 Å². The van der Waals surface area contributed by atoms with Crippen molar-refractivity contribution in [3.63, 3.8) is 0 Å². The van der Waals surface area contributed by atoms with Crippen LogP contribution in [-0.2, 0) is 0 Å². The summed E-state index contributed by atoms with van der Waals surface area (Å²) < 4.78 is 18.0. The Morgan fingerprint density at radius 3 is 2.65 bits per heavy atom. The normalized spacial score (nSPS) is 10.1. The van der Waals surface area contributed by atoms with Gasteiger partial charge in [-0.25, -0.2) is 4.39 Å². The highest BCUT2D eigenvalue weighted by atomic mass is 19.1. The maximum absolute atomic E-state index is 13.1. The maximum atomic E-state index is 13.1. The number of non-ortho nitro benzene ring substituents is 1. The van der Waals surface area contributed by atoms with Crippen molar-refractivity contribution in [1.29, 1.82) is 0 Å². The standard InChI is InChI=1S/C14H10FNO4/c1-20-13-8-10(15)5-6-12(13)14(17)9-3-2-4-11(7-9)16(18)19/h2-8H,1H3. The van der Waals surface area contributed by atoms with E-state index in [1.807, 2.05) is 0 Å². The number of nitrogens with zero attached hydrogens (tertiary/aromatic N) is 1. The molecule has 0 aromatic heterocycles. The van der Waals surface area contributed by atoms with E-state index in [1.165, 1.54) is 37.4 Å². The highest BCUT2D eigenvalue weighted by Gasteiger charge is 2.17. The fourth-order valence-corrected chi connectivity index (χ4v) is 1.77. The summed E-state index contributed by atoms with van der Waals surface area (Å²) in [5, 5.41) is 10.7. The Balaban J connectivity index is 2.46. The van der Waals surface area contributed by atoms with Gasteiger partial charge in [0.05, 0.1) is 17.6 Å². The van der Waals surface area contributed by atoms with Crippen LogP contribution in [0.15, 0.2) is 42.5 Å². The van der Waals surface area contributed by atoms with Gasteiger partial charge in [-0.3, -0.25) is 14.9 Å². The van der Waals surface area contributed by atoms with Crippen molar-refractivity contribution in [3.05, 3.63) is 69.5 Å². The first-order chi connectivity index (χ1) is 9.52. The van der Waals surface area contributed by atoms with Crippen LogP contribution in [0.2, 0.25) is 0 Å². The zero-order valence-corrected chi connectivity index (χ0v) is 10.5. The number of halogens is 1. The second-order valence-corrected chi connectivity index (χ2v) is 3.98. The minimum absolute atomic E-state index is 0.0847. The molecule has 0 fully saturated rings. The van der Waals surface area contributed by atoms with Crippen LogP contribution >= 0.6 is 0 Å². The van der Waals surface area contributed by atoms with E-state index in [0.717, 1.165) is 12.1 Å². The van der Waals surface area contributed by atoms with E-state index in [0.29, 0.717) is 0 Å². The van der Waals surface area contributed by atoms with Crippen LogP contribution in [0.1, 0.15) is 15.9 Å². The lowest BCUT2D eigenvalue weighted by atomic mass is 10.0. The first-order valence-corrected chi connectivity index (χ1v) is 5.65. The molecular weight excluding hydrogens is 265 g/mol. The Hall–Kier alpha value is -2.76. The number of carbonyl (C=O) groups excluding carboxylic acids is 1. The van der Waals surface area contributed by atoms with Gasteiger partial charge in [-0.05, 0) is 12.1 Å². The number of hydrogen-bond donors (Lipinski definition) is 0. The van der Waals surface area contributed by atoms with Gasteiger partial charge in [-0.15, -0.1) is 0 Å². The molecule has 0 N–H and O–H groups in total. The summed E-state index contributed by atoms with van der Waals surface area (Å²) >= 11 is 0. The average Bonchev–Trinajstić information content (AvgIpc) is 2.46. The predicted octanol–water partition coefficient (Wildman–Crippen LogP) is 2.97. The number of ether oxygens (including phenoxy) is 1. The van der Waals surface area contributed by atoms with Crippen molar-refractivity contribution in [2.45, 2.75) is 0 Å². The Kier molecular flexibility index (Phi) is 3.74. The molecule has 0 aliphatic carbocycles. The van der Waals surface area contributed by atoms with Crippen LogP contribution in [0.25, 0.3) is 0 Å². The molecule has 0 heterocycles. The molecule has 0 aliphatic rings.